The van der Waals surface area contributed by atoms with E-state index in [-0.39, 0.29) is 17.1 Å². The highest BCUT2D eigenvalue weighted by Gasteiger charge is 2.41. The van der Waals surface area contributed by atoms with Crippen LogP contribution < -0.4 is 5.32 Å². The van der Waals surface area contributed by atoms with E-state index in [1.165, 1.54) is 11.5 Å². The second-order valence-corrected chi connectivity index (χ2v) is 8.27. The first kappa shape index (κ1) is 15.6. The van der Waals surface area contributed by atoms with Gasteiger partial charge in [-0.1, -0.05) is 0 Å². The van der Waals surface area contributed by atoms with Crippen LogP contribution in [0.4, 0.5) is 4.39 Å². The van der Waals surface area contributed by atoms with Gasteiger partial charge in [0.25, 0.3) is 0 Å². The molecule has 2 unspecified atom stereocenters. The third kappa shape index (κ3) is 4.61. The molecule has 2 aliphatic rings. The summed E-state index contributed by atoms with van der Waals surface area (Å²) in [5, 5.41) is 3.29. The molecule has 0 amide bonds. The van der Waals surface area contributed by atoms with Crippen molar-refractivity contribution in [3.05, 3.63) is 0 Å². The Hall–Kier alpha value is 0.200. The number of alkyl halides is 1. The van der Waals surface area contributed by atoms with Crippen molar-refractivity contribution < 1.29 is 9.13 Å². The standard InChI is InChI=1S/C15H28FNOS/c1-14(2,3)17-11-13(16)12-4-7-18-15(10-12)5-8-19-9-6-15/h12-13,17H,4-11H2,1-3H3. The Bertz CT molecular complexity index is 281. The van der Waals surface area contributed by atoms with Gasteiger partial charge in [-0.25, -0.2) is 4.39 Å². The third-order valence-electron chi connectivity index (χ3n) is 4.27. The number of ether oxygens (including phenoxy) is 1. The van der Waals surface area contributed by atoms with Gasteiger partial charge in [-0.15, -0.1) is 0 Å². The average Bonchev–Trinajstić information content (AvgIpc) is 2.36. The highest BCUT2D eigenvalue weighted by Crippen LogP contribution is 2.41. The number of halogens is 1. The number of hydrogen-bond donors (Lipinski definition) is 1. The van der Waals surface area contributed by atoms with Gasteiger partial charge < -0.3 is 10.1 Å². The van der Waals surface area contributed by atoms with Gasteiger partial charge in [-0.2, -0.15) is 11.8 Å². The van der Waals surface area contributed by atoms with E-state index in [4.69, 9.17) is 4.74 Å². The van der Waals surface area contributed by atoms with Crippen molar-refractivity contribution in [2.24, 2.45) is 5.92 Å². The Morgan fingerprint density at radius 2 is 2.05 bits per heavy atom. The topological polar surface area (TPSA) is 21.3 Å². The molecule has 2 saturated heterocycles. The molecule has 2 fully saturated rings. The van der Waals surface area contributed by atoms with E-state index in [1.54, 1.807) is 0 Å². The fraction of sp³-hybridized carbons (Fsp3) is 1.00. The summed E-state index contributed by atoms with van der Waals surface area (Å²) in [4.78, 5) is 0. The lowest BCUT2D eigenvalue weighted by atomic mass is 9.80. The van der Waals surface area contributed by atoms with Crippen molar-refractivity contribution in [2.75, 3.05) is 24.7 Å². The molecule has 1 spiro atoms. The molecule has 2 aliphatic heterocycles. The predicted molar refractivity (Wildman–Crippen MR) is 80.6 cm³/mol. The van der Waals surface area contributed by atoms with Crippen molar-refractivity contribution in [3.8, 4) is 0 Å². The van der Waals surface area contributed by atoms with Crippen LogP contribution in [0.25, 0.3) is 0 Å². The summed E-state index contributed by atoms with van der Waals surface area (Å²) in [6.07, 6.45) is 3.26. The zero-order valence-electron chi connectivity index (χ0n) is 12.5. The van der Waals surface area contributed by atoms with Crippen LogP contribution in [0.3, 0.4) is 0 Å². The maximum Gasteiger partial charge on any atom is 0.115 e. The molecule has 112 valence electrons. The van der Waals surface area contributed by atoms with Crippen LogP contribution in [0.5, 0.6) is 0 Å². The lowest BCUT2D eigenvalue weighted by molar-refractivity contribution is -0.112. The maximum atomic E-state index is 14.4. The lowest BCUT2D eigenvalue weighted by Crippen LogP contribution is -2.48. The molecule has 0 bridgehead atoms. The molecule has 2 rings (SSSR count). The quantitative estimate of drug-likeness (QED) is 0.860. The Morgan fingerprint density at radius 1 is 1.37 bits per heavy atom. The van der Waals surface area contributed by atoms with Crippen molar-refractivity contribution >= 4 is 11.8 Å². The van der Waals surface area contributed by atoms with Crippen molar-refractivity contribution in [3.63, 3.8) is 0 Å². The predicted octanol–water partition coefficient (Wildman–Crippen LogP) is 3.41. The first-order valence-electron chi connectivity index (χ1n) is 7.51. The highest BCUT2D eigenvalue weighted by molar-refractivity contribution is 7.99. The van der Waals surface area contributed by atoms with Gasteiger partial charge in [0.05, 0.1) is 5.60 Å². The Labute approximate surface area is 121 Å². The van der Waals surface area contributed by atoms with E-state index in [0.717, 1.165) is 32.3 Å². The van der Waals surface area contributed by atoms with Gasteiger partial charge in [-0.05, 0) is 63.9 Å². The average molecular weight is 289 g/mol. The lowest BCUT2D eigenvalue weighted by Gasteiger charge is -2.44. The smallest absolute Gasteiger partial charge is 0.115 e. The van der Waals surface area contributed by atoms with Crippen LogP contribution in [0.1, 0.15) is 46.5 Å². The normalized spacial score (nSPS) is 29.4. The van der Waals surface area contributed by atoms with Crippen LogP contribution in [0, 0.1) is 5.92 Å². The summed E-state index contributed by atoms with van der Waals surface area (Å²) >= 11 is 2.00. The molecule has 0 aromatic carbocycles. The van der Waals surface area contributed by atoms with E-state index >= 15 is 0 Å². The molecule has 19 heavy (non-hydrogen) atoms. The molecule has 0 saturated carbocycles. The monoisotopic (exact) mass is 289 g/mol. The van der Waals surface area contributed by atoms with E-state index in [9.17, 15) is 4.39 Å². The van der Waals surface area contributed by atoms with Crippen LogP contribution in [0.15, 0.2) is 0 Å². The first-order chi connectivity index (χ1) is 8.90. The van der Waals surface area contributed by atoms with Gasteiger partial charge in [0.2, 0.25) is 0 Å². The van der Waals surface area contributed by atoms with Crippen LogP contribution in [0.2, 0.25) is 0 Å². The van der Waals surface area contributed by atoms with Crippen molar-refractivity contribution in [1.29, 1.82) is 0 Å². The minimum absolute atomic E-state index is 0.000237. The summed E-state index contributed by atoms with van der Waals surface area (Å²) < 4.78 is 20.5. The van der Waals surface area contributed by atoms with Crippen molar-refractivity contribution in [1.82, 2.24) is 5.32 Å². The van der Waals surface area contributed by atoms with Crippen molar-refractivity contribution in [2.45, 2.75) is 63.8 Å². The summed E-state index contributed by atoms with van der Waals surface area (Å²) in [7, 11) is 0. The molecular weight excluding hydrogens is 261 g/mol. The number of nitrogens with one attached hydrogen (secondary N) is 1. The summed E-state index contributed by atoms with van der Waals surface area (Å²) in [5.74, 6) is 2.51. The highest BCUT2D eigenvalue weighted by atomic mass is 32.2. The minimum Gasteiger partial charge on any atom is -0.375 e. The zero-order chi connectivity index (χ0) is 13.9. The van der Waals surface area contributed by atoms with Gasteiger partial charge in [0.1, 0.15) is 6.17 Å². The molecule has 0 aliphatic carbocycles. The largest absolute Gasteiger partial charge is 0.375 e. The van der Waals surface area contributed by atoms with E-state index in [0.29, 0.717) is 6.54 Å². The third-order valence-corrected chi connectivity index (χ3v) is 5.26. The maximum absolute atomic E-state index is 14.4. The number of hydrogen-bond acceptors (Lipinski definition) is 3. The molecule has 2 atom stereocenters. The number of thioether (sulfide) groups is 1. The van der Waals surface area contributed by atoms with E-state index in [1.807, 2.05) is 11.8 Å². The fourth-order valence-corrected chi connectivity index (χ4v) is 4.27. The minimum atomic E-state index is -0.741. The Balaban J connectivity index is 1.86. The van der Waals surface area contributed by atoms with E-state index < -0.39 is 6.17 Å². The van der Waals surface area contributed by atoms with Gasteiger partial charge in [-0.3, -0.25) is 0 Å². The van der Waals surface area contributed by atoms with Crippen LogP contribution in [-0.2, 0) is 4.74 Å². The molecule has 0 aromatic heterocycles. The molecule has 2 nitrogen and oxygen atoms in total. The fourth-order valence-electron chi connectivity index (χ4n) is 3.04. The van der Waals surface area contributed by atoms with Crippen LogP contribution in [-0.4, -0.2) is 42.0 Å². The molecule has 0 radical (unpaired) electrons. The molecule has 4 heteroatoms. The summed E-state index contributed by atoms with van der Waals surface area (Å²) in [6, 6.07) is 0. The van der Waals surface area contributed by atoms with Gasteiger partial charge >= 0.3 is 0 Å². The zero-order valence-corrected chi connectivity index (χ0v) is 13.3. The van der Waals surface area contributed by atoms with Gasteiger partial charge in [0.15, 0.2) is 0 Å². The molecule has 2 heterocycles. The van der Waals surface area contributed by atoms with E-state index in [2.05, 4.69) is 26.1 Å². The molecular formula is C15H28FNOS. The van der Waals surface area contributed by atoms with Gasteiger partial charge in [0, 0.05) is 18.7 Å². The summed E-state index contributed by atoms with van der Waals surface area (Å²) in [5.41, 5.74) is -0.00505. The molecule has 1 N–H and O–H groups in total. The first-order valence-corrected chi connectivity index (χ1v) is 8.67. The Kier molecular flexibility index (Phi) is 5.18. The second-order valence-electron chi connectivity index (χ2n) is 7.04. The van der Waals surface area contributed by atoms with Crippen LogP contribution >= 0.6 is 11.8 Å². The Morgan fingerprint density at radius 3 is 2.68 bits per heavy atom. The second kappa shape index (κ2) is 6.31. The summed E-state index contributed by atoms with van der Waals surface area (Å²) in [6.45, 7) is 7.47. The molecule has 0 aromatic rings. The SMILES string of the molecule is CC(C)(C)NCC(F)C1CCOC2(CCSCC2)C1. The number of rotatable bonds is 3.